The Kier molecular flexibility index (Phi) is 5.22. The molecule has 90 valence electrons. The lowest BCUT2D eigenvalue weighted by Crippen LogP contribution is -2.24. The molecular weight excluding hydrogens is 202 g/mol. The van der Waals surface area contributed by atoms with E-state index >= 15 is 0 Å². The molecule has 0 radical (unpaired) electrons. The largest absolute Gasteiger partial charge is 0.380 e. The number of likely N-dealkylation sites (N-methyl/N-ethyl adjacent to an activating group) is 1. The first kappa shape index (κ1) is 12.9. The monoisotopic (exact) mass is 223 g/mol. The second-order valence-electron chi connectivity index (χ2n) is 3.78. The third-order valence-corrected chi connectivity index (χ3v) is 2.50. The molecule has 0 saturated heterocycles. The van der Waals surface area contributed by atoms with Crippen LogP contribution < -0.4 is 10.6 Å². The zero-order valence-corrected chi connectivity index (χ0v) is 10.4. The van der Waals surface area contributed by atoms with Gasteiger partial charge in [-0.15, -0.1) is 0 Å². The molecule has 1 aromatic rings. The first-order chi connectivity index (χ1) is 7.69. The molecule has 16 heavy (non-hydrogen) atoms. The smallest absolute Gasteiger partial charge is 0.0641 e. The van der Waals surface area contributed by atoms with Crippen LogP contribution in [-0.4, -0.2) is 31.8 Å². The summed E-state index contributed by atoms with van der Waals surface area (Å²) in [6.07, 6.45) is 1.85. The fourth-order valence-electron chi connectivity index (χ4n) is 1.55. The first-order valence-corrected chi connectivity index (χ1v) is 5.63. The summed E-state index contributed by atoms with van der Waals surface area (Å²) in [6.45, 7) is 6.86. The van der Waals surface area contributed by atoms with E-state index in [1.807, 2.05) is 27.1 Å². The van der Waals surface area contributed by atoms with Crippen molar-refractivity contribution in [3.63, 3.8) is 0 Å². The summed E-state index contributed by atoms with van der Waals surface area (Å²) in [5, 5.41) is 0. The van der Waals surface area contributed by atoms with Gasteiger partial charge in [-0.05, 0) is 19.9 Å². The van der Waals surface area contributed by atoms with E-state index < -0.39 is 0 Å². The van der Waals surface area contributed by atoms with Crippen LogP contribution in [0.4, 0.5) is 5.69 Å². The average Bonchev–Trinajstić information content (AvgIpc) is 2.29. The van der Waals surface area contributed by atoms with Gasteiger partial charge >= 0.3 is 0 Å². The van der Waals surface area contributed by atoms with Gasteiger partial charge in [-0.1, -0.05) is 0 Å². The highest BCUT2D eigenvalue weighted by molar-refractivity contribution is 5.52. The lowest BCUT2D eigenvalue weighted by atomic mass is 10.2. The molecule has 0 aromatic carbocycles. The Balaban J connectivity index is 2.72. The second kappa shape index (κ2) is 6.45. The molecule has 0 spiro atoms. The number of nitrogens with two attached hydrogens (primary N) is 1. The molecule has 0 aliphatic heterocycles. The number of aryl methyl sites for hydroxylation is 1. The van der Waals surface area contributed by atoms with Crippen molar-refractivity contribution in [2.75, 3.05) is 31.7 Å². The van der Waals surface area contributed by atoms with Gasteiger partial charge < -0.3 is 15.4 Å². The minimum absolute atomic E-state index is 0.515. The number of pyridine rings is 1. The van der Waals surface area contributed by atoms with Crippen molar-refractivity contribution in [3.05, 3.63) is 23.5 Å². The quantitative estimate of drug-likeness (QED) is 0.739. The Morgan fingerprint density at radius 1 is 1.50 bits per heavy atom. The van der Waals surface area contributed by atoms with Crippen molar-refractivity contribution in [1.82, 2.24) is 4.98 Å². The maximum Gasteiger partial charge on any atom is 0.0641 e. The van der Waals surface area contributed by atoms with Crippen molar-refractivity contribution in [2.45, 2.75) is 20.4 Å². The van der Waals surface area contributed by atoms with E-state index in [0.29, 0.717) is 6.54 Å². The normalized spacial score (nSPS) is 10.5. The van der Waals surface area contributed by atoms with E-state index in [4.69, 9.17) is 10.5 Å². The van der Waals surface area contributed by atoms with E-state index in [1.165, 1.54) is 0 Å². The van der Waals surface area contributed by atoms with Crippen molar-refractivity contribution in [1.29, 1.82) is 0 Å². The van der Waals surface area contributed by atoms with Crippen molar-refractivity contribution < 1.29 is 4.74 Å². The Bertz CT molecular complexity index is 328. The third kappa shape index (κ3) is 3.47. The highest BCUT2D eigenvalue weighted by atomic mass is 16.5. The van der Waals surface area contributed by atoms with Crippen LogP contribution >= 0.6 is 0 Å². The van der Waals surface area contributed by atoms with Gasteiger partial charge in [0.25, 0.3) is 0 Å². The van der Waals surface area contributed by atoms with Crippen LogP contribution in [0.5, 0.6) is 0 Å². The fraction of sp³-hybridized carbons (Fsp3) is 0.583. The van der Waals surface area contributed by atoms with E-state index in [2.05, 4.69) is 16.0 Å². The molecule has 0 aliphatic rings. The molecule has 1 heterocycles. The van der Waals surface area contributed by atoms with E-state index in [-0.39, 0.29) is 0 Å². The molecule has 4 nitrogen and oxygen atoms in total. The standard InChI is InChI=1S/C12H21N3O/c1-4-16-6-5-15(3)12-7-10(2)14-9-11(12)8-13/h7,9H,4-6,8,13H2,1-3H3. The highest BCUT2D eigenvalue weighted by Gasteiger charge is 2.07. The molecule has 0 fully saturated rings. The van der Waals surface area contributed by atoms with Gasteiger partial charge in [0.1, 0.15) is 0 Å². The zero-order valence-electron chi connectivity index (χ0n) is 10.4. The fourth-order valence-corrected chi connectivity index (χ4v) is 1.55. The van der Waals surface area contributed by atoms with Crippen LogP contribution in [0.2, 0.25) is 0 Å². The van der Waals surface area contributed by atoms with Crippen molar-refractivity contribution in [2.24, 2.45) is 5.73 Å². The Hall–Kier alpha value is -1.13. The van der Waals surface area contributed by atoms with Crippen LogP contribution in [0, 0.1) is 6.92 Å². The van der Waals surface area contributed by atoms with Crippen LogP contribution in [0.15, 0.2) is 12.3 Å². The number of hydrogen-bond donors (Lipinski definition) is 1. The molecule has 2 N–H and O–H groups in total. The minimum Gasteiger partial charge on any atom is -0.380 e. The van der Waals surface area contributed by atoms with E-state index in [0.717, 1.165) is 36.7 Å². The lowest BCUT2D eigenvalue weighted by molar-refractivity contribution is 0.154. The maximum absolute atomic E-state index is 5.70. The molecule has 0 atom stereocenters. The highest BCUT2D eigenvalue weighted by Crippen LogP contribution is 2.18. The van der Waals surface area contributed by atoms with Crippen LogP contribution in [0.25, 0.3) is 0 Å². The Morgan fingerprint density at radius 2 is 2.25 bits per heavy atom. The van der Waals surface area contributed by atoms with Gasteiger partial charge in [-0.3, -0.25) is 4.98 Å². The SMILES string of the molecule is CCOCCN(C)c1cc(C)ncc1CN. The molecule has 0 unspecified atom stereocenters. The molecule has 0 bridgehead atoms. The Morgan fingerprint density at radius 3 is 2.88 bits per heavy atom. The summed E-state index contributed by atoms with van der Waals surface area (Å²) in [5.41, 5.74) is 8.93. The molecule has 1 aromatic heterocycles. The Labute approximate surface area is 97.4 Å². The average molecular weight is 223 g/mol. The van der Waals surface area contributed by atoms with Crippen LogP contribution in [-0.2, 0) is 11.3 Å². The van der Waals surface area contributed by atoms with Crippen LogP contribution in [0.3, 0.4) is 0 Å². The summed E-state index contributed by atoms with van der Waals surface area (Å²) in [6, 6.07) is 2.06. The number of nitrogens with zero attached hydrogens (tertiary/aromatic N) is 2. The van der Waals surface area contributed by atoms with Crippen molar-refractivity contribution >= 4 is 5.69 Å². The molecule has 4 heteroatoms. The van der Waals surface area contributed by atoms with Crippen molar-refractivity contribution in [3.8, 4) is 0 Å². The summed E-state index contributed by atoms with van der Waals surface area (Å²) in [4.78, 5) is 6.41. The van der Waals surface area contributed by atoms with Gasteiger partial charge in [-0.25, -0.2) is 0 Å². The molecule has 1 rings (SSSR count). The molecule has 0 saturated carbocycles. The zero-order chi connectivity index (χ0) is 12.0. The van der Waals surface area contributed by atoms with Gasteiger partial charge in [0.2, 0.25) is 0 Å². The third-order valence-electron chi connectivity index (χ3n) is 2.50. The number of rotatable bonds is 6. The second-order valence-corrected chi connectivity index (χ2v) is 3.78. The van der Waals surface area contributed by atoms with E-state index in [9.17, 15) is 0 Å². The number of hydrogen-bond acceptors (Lipinski definition) is 4. The lowest BCUT2D eigenvalue weighted by Gasteiger charge is -2.22. The summed E-state index contributed by atoms with van der Waals surface area (Å²) in [5.74, 6) is 0. The first-order valence-electron chi connectivity index (χ1n) is 5.63. The number of aromatic nitrogens is 1. The maximum atomic E-state index is 5.70. The van der Waals surface area contributed by atoms with Gasteiger partial charge in [0.05, 0.1) is 6.61 Å². The molecular formula is C12H21N3O. The predicted molar refractivity (Wildman–Crippen MR) is 66.6 cm³/mol. The van der Waals surface area contributed by atoms with Crippen LogP contribution in [0.1, 0.15) is 18.2 Å². The summed E-state index contributed by atoms with van der Waals surface area (Å²) < 4.78 is 5.34. The summed E-state index contributed by atoms with van der Waals surface area (Å²) in [7, 11) is 2.05. The summed E-state index contributed by atoms with van der Waals surface area (Å²) >= 11 is 0. The van der Waals surface area contributed by atoms with Gasteiger partial charge in [0.15, 0.2) is 0 Å². The minimum atomic E-state index is 0.515. The van der Waals surface area contributed by atoms with Gasteiger partial charge in [0, 0.05) is 49.9 Å². The molecule has 0 amide bonds. The number of anilines is 1. The number of ether oxygens (including phenoxy) is 1. The predicted octanol–water partition coefficient (Wildman–Crippen LogP) is 1.32. The topological polar surface area (TPSA) is 51.4 Å². The molecule has 0 aliphatic carbocycles. The van der Waals surface area contributed by atoms with Gasteiger partial charge in [-0.2, -0.15) is 0 Å². The van der Waals surface area contributed by atoms with E-state index in [1.54, 1.807) is 0 Å².